The summed E-state index contributed by atoms with van der Waals surface area (Å²) in [6, 6.07) is 13.0. The normalized spacial score (nSPS) is 13.4. The number of carbonyl (C=O) groups excluding carboxylic acids is 1. The Morgan fingerprint density at radius 1 is 1.19 bits per heavy atom. The summed E-state index contributed by atoms with van der Waals surface area (Å²) in [4.78, 5) is 11.9. The molecule has 1 aliphatic heterocycles. The molecule has 1 aliphatic rings. The van der Waals surface area contributed by atoms with E-state index in [0.717, 1.165) is 16.8 Å². The predicted molar refractivity (Wildman–Crippen MR) is 125 cm³/mol. The van der Waals surface area contributed by atoms with Gasteiger partial charge in [0.2, 0.25) is 0 Å². The van der Waals surface area contributed by atoms with E-state index in [4.69, 9.17) is 32.7 Å². The van der Waals surface area contributed by atoms with Crippen LogP contribution in [0.5, 0.6) is 5.75 Å². The first-order valence-electron chi connectivity index (χ1n) is 9.65. The van der Waals surface area contributed by atoms with Crippen LogP contribution in [0.1, 0.15) is 18.1 Å². The second kappa shape index (κ2) is 10.8. The van der Waals surface area contributed by atoms with Crippen molar-refractivity contribution in [2.45, 2.75) is 6.92 Å². The van der Waals surface area contributed by atoms with Crippen LogP contribution in [-0.2, 0) is 4.74 Å². The fraction of sp³-hybridized carbons (Fsp3) is 0.174. The van der Waals surface area contributed by atoms with Gasteiger partial charge in [0.1, 0.15) is 5.75 Å². The van der Waals surface area contributed by atoms with Gasteiger partial charge < -0.3 is 9.47 Å². The van der Waals surface area contributed by atoms with Crippen molar-refractivity contribution in [1.29, 1.82) is 0 Å². The fourth-order valence-electron chi connectivity index (χ4n) is 2.89. The highest BCUT2D eigenvalue weighted by Gasteiger charge is 2.15. The smallest absolute Gasteiger partial charge is 0.411 e. The summed E-state index contributed by atoms with van der Waals surface area (Å²) in [5.41, 5.74) is 6.54. The quantitative estimate of drug-likeness (QED) is 0.574. The molecule has 0 saturated heterocycles. The van der Waals surface area contributed by atoms with Gasteiger partial charge in [0.05, 0.1) is 36.7 Å². The van der Waals surface area contributed by atoms with Crippen LogP contribution in [0.25, 0.3) is 11.8 Å². The standard InChI is InChI=1S/C23H23Cl2N3O3/c1-3-31-23(29)26-19-14-21(17-8-11-22(30-2)20(25)13-17)27-28(15-19)12-4-5-16-6-9-18(24)10-7-16/h4-11,13-15,27H,3,12H2,1-2H3,(H,26,29). The Kier molecular flexibility index (Phi) is 7.87. The Morgan fingerprint density at radius 2 is 1.97 bits per heavy atom. The van der Waals surface area contributed by atoms with E-state index in [2.05, 4.69) is 10.7 Å². The summed E-state index contributed by atoms with van der Waals surface area (Å²) < 4.78 is 10.2. The van der Waals surface area contributed by atoms with Crippen molar-refractivity contribution in [3.63, 3.8) is 0 Å². The Morgan fingerprint density at radius 3 is 2.65 bits per heavy atom. The van der Waals surface area contributed by atoms with Crippen LogP contribution in [-0.4, -0.2) is 31.4 Å². The van der Waals surface area contributed by atoms with Gasteiger partial charge in [-0.1, -0.05) is 47.5 Å². The zero-order valence-electron chi connectivity index (χ0n) is 17.2. The van der Waals surface area contributed by atoms with Crippen LogP contribution in [0.3, 0.4) is 0 Å². The molecule has 1 heterocycles. The minimum Gasteiger partial charge on any atom is -0.495 e. The Hall–Kier alpha value is -3.09. The number of amides is 1. The van der Waals surface area contributed by atoms with E-state index in [0.29, 0.717) is 28.0 Å². The molecule has 1 amide bonds. The lowest BCUT2D eigenvalue weighted by Gasteiger charge is -2.28. The summed E-state index contributed by atoms with van der Waals surface area (Å²) in [6.07, 6.45) is 7.08. The van der Waals surface area contributed by atoms with E-state index in [9.17, 15) is 4.79 Å². The van der Waals surface area contributed by atoms with Crippen molar-refractivity contribution in [3.8, 4) is 5.75 Å². The van der Waals surface area contributed by atoms with Gasteiger partial charge in [0.15, 0.2) is 0 Å². The maximum absolute atomic E-state index is 11.9. The molecule has 0 atom stereocenters. The molecule has 31 heavy (non-hydrogen) atoms. The summed E-state index contributed by atoms with van der Waals surface area (Å²) >= 11 is 12.2. The summed E-state index contributed by atoms with van der Waals surface area (Å²) in [5, 5.41) is 5.78. The predicted octanol–water partition coefficient (Wildman–Crippen LogP) is 5.46. The highest BCUT2D eigenvalue weighted by atomic mass is 35.5. The van der Waals surface area contributed by atoms with E-state index in [1.165, 1.54) is 0 Å². The van der Waals surface area contributed by atoms with Gasteiger partial charge in [-0.05, 0) is 48.9 Å². The minimum absolute atomic E-state index is 0.287. The third-order valence-corrected chi connectivity index (χ3v) is 4.87. The average Bonchev–Trinajstić information content (AvgIpc) is 2.75. The minimum atomic E-state index is -0.518. The summed E-state index contributed by atoms with van der Waals surface area (Å²) in [5.74, 6) is 0.588. The first kappa shape index (κ1) is 22.6. The third-order valence-electron chi connectivity index (χ3n) is 4.33. The van der Waals surface area contributed by atoms with E-state index in [-0.39, 0.29) is 6.61 Å². The molecule has 162 valence electrons. The van der Waals surface area contributed by atoms with E-state index < -0.39 is 6.09 Å². The highest BCUT2D eigenvalue weighted by molar-refractivity contribution is 6.32. The molecule has 0 unspecified atom stereocenters. The zero-order chi connectivity index (χ0) is 22.2. The van der Waals surface area contributed by atoms with Crippen molar-refractivity contribution >= 4 is 41.1 Å². The number of hydrogen-bond acceptors (Lipinski definition) is 5. The number of nitrogens with zero attached hydrogens (tertiary/aromatic N) is 1. The molecule has 6 nitrogen and oxygen atoms in total. The van der Waals surface area contributed by atoms with Gasteiger partial charge in [-0.15, -0.1) is 0 Å². The van der Waals surface area contributed by atoms with Gasteiger partial charge in [0.25, 0.3) is 0 Å². The molecule has 8 heteroatoms. The number of rotatable bonds is 7. The Bertz CT molecular complexity index is 1020. The number of nitrogens with one attached hydrogen (secondary N) is 2. The van der Waals surface area contributed by atoms with Crippen molar-refractivity contribution < 1.29 is 14.3 Å². The van der Waals surface area contributed by atoms with E-state index in [1.807, 2.05) is 53.6 Å². The third kappa shape index (κ3) is 6.44. The molecular weight excluding hydrogens is 437 g/mol. The van der Waals surface area contributed by atoms with E-state index >= 15 is 0 Å². The molecule has 0 aromatic heterocycles. The zero-order valence-corrected chi connectivity index (χ0v) is 18.7. The number of alkyl carbamates (subject to hydrolysis) is 1. The lowest BCUT2D eigenvalue weighted by molar-refractivity contribution is 0.155. The van der Waals surface area contributed by atoms with Crippen LogP contribution in [0.4, 0.5) is 4.79 Å². The molecule has 0 saturated carbocycles. The second-order valence-electron chi connectivity index (χ2n) is 6.56. The van der Waals surface area contributed by atoms with Crippen LogP contribution in [0.15, 0.2) is 66.5 Å². The highest BCUT2D eigenvalue weighted by Crippen LogP contribution is 2.28. The maximum atomic E-state index is 11.9. The van der Waals surface area contributed by atoms with Gasteiger partial charge in [-0.2, -0.15) is 0 Å². The van der Waals surface area contributed by atoms with Gasteiger partial charge in [-0.25, -0.2) is 4.79 Å². The van der Waals surface area contributed by atoms with Gasteiger partial charge in [0, 0.05) is 16.8 Å². The lowest BCUT2D eigenvalue weighted by Crippen LogP contribution is -2.37. The fourth-order valence-corrected chi connectivity index (χ4v) is 3.27. The second-order valence-corrected chi connectivity index (χ2v) is 7.40. The van der Waals surface area contributed by atoms with Crippen molar-refractivity contribution in [2.75, 3.05) is 20.3 Å². The SMILES string of the molecule is CCOC(=O)NC1=CN(CC=Cc2ccc(Cl)cc2)NC(c2ccc(OC)c(Cl)c2)=C1. The van der Waals surface area contributed by atoms with Gasteiger partial charge >= 0.3 is 6.09 Å². The summed E-state index contributed by atoms with van der Waals surface area (Å²) in [7, 11) is 1.57. The molecule has 2 N–H and O–H groups in total. The molecule has 0 radical (unpaired) electrons. The molecular formula is C23H23Cl2N3O3. The molecule has 2 aromatic carbocycles. The number of hydrogen-bond donors (Lipinski definition) is 2. The number of halogens is 2. The molecule has 0 bridgehead atoms. The van der Waals surface area contributed by atoms with Crippen LogP contribution >= 0.6 is 23.2 Å². The van der Waals surface area contributed by atoms with Crippen molar-refractivity contribution in [2.24, 2.45) is 0 Å². The Labute approximate surface area is 191 Å². The molecule has 2 aromatic rings. The number of benzene rings is 2. The maximum Gasteiger partial charge on any atom is 0.411 e. The molecule has 0 fully saturated rings. The monoisotopic (exact) mass is 459 g/mol. The molecule has 3 rings (SSSR count). The average molecular weight is 460 g/mol. The molecule has 0 aliphatic carbocycles. The van der Waals surface area contributed by atoms with Crippen LogP contribution in [0, 0.1) is 0 Å². The number of ether oxygens (including phenoxy) is 2. The van der Waals surface area contributed by atoms with Crippen molar-refractivity contribution in [3.05, 3.63) is 87.7 Å². The van der Waals surface area contributed by atoms with Crippen LogP contribution < -0.4 is 15.5 Å². The van der Waals surface area contributed by atoms with Gasteiger partial charge in [-0.3, -0.25) is 15.8 Å². The largest absolute Gasteiger partial charge is 0.495 e. The topological polar surface area (TPSA) is 62.8 Å². The number of hydrazine groups is 1. The lowest BCUT2D eigenvalue weighted by atomic mass is 10.1. The van der Waals surface area contributed by atoms with Crippen LogP contribution in [0.2, 0.25) is 10.0 Å². The first-order valence-corrected chi connectivity index (χ1v) is 10.4. The van der Waals surface area contributed by atoms with E-state index in [1.54, 1.807) is 32.4 Å². The van der Waals surface area contributed by atoms with Crippen molar-refractivity contribution in [1.82, 2.24) is 15.8 Å². The number of carbonyl (C=O) groups is 1. The first-order chi connectivity index (χ1) is 15.0. The molecule has 0 spiro atoms. The summed E-state index contributed by atoms with van der Waals surface area (Å²) in [6.45, 7) is 2.58. The number of allylic oxidation sites excluding steroid dienone is 1. The number of methoxy groups -OCH3 is 1. The Balaban J connectivity index is 1.79.